The standard InChI is InChI=1S/C19H20Cl2O2/c1-13-8-4-5-9-14(13)19(22,17(2)12-18(17,20)21)15-10-6-7-11-16(15)23-3/h4-11,22H,12H2,1-3H3/t17-,19?/m1/s1. The van der Waals surface area contributed by atoms with Gasteiger partial charge in [0.05, 0.1) is 7.11 Å². The second-order valence-electron chi connectivity index (χ2n) is 6.44. The predicted octanol–water partition coefficient (Wildman–Crippen LogP) is 4.82. The lowest BCUT2D eigenvalue weighted by molar-refractivity contribution is 0.00579. The van der Waals surface area contributed by atoms with E-state index in [1.54, 1.807) is 7.11 Å². The van der Waals surface area contributed by atoms with Crippen LogP contribution in [-0.4, -0.2) is 16.5 Å². The molecule has 1 fully saturated rings. The topological polar surface area (TPSA) is 29.5 Å². The number of rotatable bonds is 4. The minimum absolute atomic E-state index is 0.506. The zero-order chi connectivity index (χ0) is 16.9. The van der Waals surface area contributed by atoms with Crippen LogP contribution in [0.2, 0.25) is 0 Å². The molecule has 4 heteroatoms. The van der Waals surface area contributed by atoms with Crippen molar-refractivity contribution in [2.45, 2.75) is 30.2 Å². The molecule has 2 nitrogen and oxygen atoms in total. The molecule has 2 atom stereocenters. The number of aliphatic hydroxyl groups is 1. The van der Waals surface area contributed by atoms with Gasteiger partial charge in [0.1, 0.15) is 15.7 Å². The molecular formula is C19H20Cl2O2. The first kappa shape index (κ1) is 16.6. The van der Waals surface area contributed by atoms with E-state index in [-0.39, 0.29) is 0 Å². The molecule has 3 rings (SSSR count). The Hall–Kier alpha value is -1.22. The molecule has 2 aromatic carbocycles. The van der Waals surface area contributed by atoms with Crippen LogP contribution in [0.1, 0.15) is 30.0 Å². The van der Waals surface area contributed by atoms with E-state index >= 15 is 0 Å². The smallest absolute Gasteiger partial charge is 0.127 e. The van der Waals surface area contributed by atoms with E-state index in [1.807, 2.05) is 62.4 Å². The first-order valence-corrected chi connectivity index (χ1v) is 8.33. The third kappa shape index (κ3) is 2.27. The maximum absolute atomic E-state index is 11.9. The maximum Gasteiger partial charge on any atom is 0.127 e. The van der Waals surface area contributed by atoms with Crippen LogP contribution >= 0.6 is 23.2 Å². The van der Waals surface area contributed by atoms with Gasteiger partial charge < -0.3 is 9.84 Å². The number of ether oxygens (including phenoxy) is 1. The number of methoxy groups -OCH3 is 1. The summed E-state index contributed by atoms with van der Waals surface area (Å²) in [5.41, 5.74) is 0.425. The van der Waals surface area contributed by atoms with Crippen molar-refractivity contribution in [1.29, 1.82) is 0 Å². The van der Waals surface area contributed by atoms with Gasteiger partial charge in [-0.05, 0) is 30.5 Å². The number of hydrogen-bond acceptors (Lipinski definition) is 2. The van der Waals surface area contributed by atoms with E-state index in [9.17, 15) is 5.11 Å². The number of benzene rings is 2. The van der Waals surface area contributed by atoms with Crippen LogP contribution in [0.4, 0.5) is 0 Å². The SMILES string of the molecule is COc1ccccc1C(O)(c1ccccc1C)[C@]1(C)CC1(Cl)Cl. The summed E-state index contributed by atoms with van der Waals surface area (Å²) in [6.07, 6.45) is 0.506. The molecule has 1 unspecified atom stereocenters. The van der Waals surface area contributed by atoms with Crippen molar-refractivity contribution in [1.82, 2.24) is 0 Å². The molecule has 2 aromatic rings. The van der Waals surface area contributed by atoms with Gasteiger partial charge in [-0.15, -0.1) is 23.2 Å². The number of aryl methyl sites for hydroxylation is 1. The van der Waals surface area contributed by atoms with Crippen LogP contribution in [0.25, 0.3) is 0 Å². The van der Waals surface area contributed by atoms with Gasteiger partial charge in [-0.25, -0.2) is 0 Å². The summed E-state index contributed by atoms with van der Waals surface area (Å²) in [6, 6.07) is 15.2. The van der Waals surface area contributed by atoms with Crippen LogP contribution in [-0.2, 0) is 5.60 Å². The molecule has 1 aliphatic carbocycles. The third-order valence-electron chi connectivity index (χ3n) is 5.09. The van der Waals surface area contributed by atoms with Gasteiger partial charge in [0.25, 0.3) is 0 Å². The Morgan fingerprint density at radius 3 is 2.09 bits per heavy atom. The van der Waals surface area contributed by atoms with Gasteiger partial charge in [0, 0.05) is 11.0 Å². The molecule has 0 aliphatic heterocycles. The van der Waals surface area contributed by atoms with Crippen molar-refractivity contribution in [3.8, 4) is 5.75 Å². The van der Waals surface area contributed by atoms with Crippen LogP contribution in [0.5, 0.6) is 5.75 Å². The molecule has 0 aromatic heterocycles. The normalized spacial score (nSPS) is 24.8. The van der Waals surface area contributed by atoms with Gasteiger partial charge in [-0.3, -0.25) is 0 Å². The first-order chi connectivity index (χ1) is 10.8. The fourth-order valence-corrected chi connectivity index (χ4v) is 4.26. The van der Waals surface area contributed by atoms with Crippen LogP contribution < -0.4 is 4.74 Å². The summed E-state index contributed by atoms with van der Waals surface area (Å²) in [4.78, 5) is 0. The number of halogens is 2. The number of alkyl halides is 2. The van der Waals surface area contributed by atoms with Gasteiger partial charge >= 0.3 is 0 Å². The summed E-state index contributed by atoms with van der Waals surface area (Å²) in [5, 5.41) is 11.9. The Kier molecular flexibility index (Phi) is 3.91. The fraction of sp³-hybridized carbons (Fsp3) is 0.368. The van der Waals surface area contributed by atoms with Crippen molar-refractivity contribution in [3.05, 3.63) is 65.2 Å². The van der Waals surface area contributed by atoms with Crippen molar-refractivity contribution in [2.75, 3.05) is 7.11 Å². The molecule has 1 aliphatic rings. The summed E-state index contributed by atoms with van der Waals surface area (Å²) >= 11 is 12.9. The molecule has 122 valence electrons. The van der Waals surface area contributed by atoms with E-state index in [1.165, 1.54) is 0 Å². The molecule has 23 heavy (non-hydrogen) atoms. The number of hydrogen-bond donors (Lipinski definition) is 1. The Bertz CT molecular complexity index is 744. The molecule has 0 radical (unpaired) electrons. The van der Waals surface area contributed by atoms with E-state index in [0.29, 0.717) is 17.7 Å². The largest absolute Gasteiger partial charge is 0.496 e. The van der Waals surface area contributed by atoms with Crippen molar-refractivity contribution in [2.24, 2.45) is 5.41 Å². The van der Waals surface area contributed by atoms with Gasteiger partial charge in [-0.1, -0.05) is 49.4 Å². The van der Waals surface area contributed by atoms with E-state index in [4.69, 9.17) is 27.9 Å². The zero-order valence-electron chi connectivity index (χ0n) is 13.4. The molecule has 0 amide bonds. The van der Waals surface area contributed by atoms with Crippen LogP contribution in [0.3, 0.4) is 0 Å². The number of para-hydroxylation sites is 1. The Morgan fingerprint density at radius 2 is 1.57 bits per heavy atom. The third-order valence-corrected chi connectivity index (χ3v) is 6.19. The molecule has 0 saturated heterocycles. The Morgan fingerprint density at radius 1 is 1.04 bits per heavy atom. The average molecular weight is 351 g/mol. The highest BCUT2D eigenvalue weighted by Crippen LogP contribution is 2.73. The first-order valence-electron chi connectivity index (χ1n) is 7.58. The Balaban J connectivity index is 2.31. The molecule has 0 heterocycles. The van der Waals surface area contributed by atoms with Gasteiger partial charge in [0.15, 0.2) is 0 Å². The highest BCUT2D eigenvalue weighted by molar-refractivity contribution is 6.51. The molecular weight excluding hydrogens is 331 g/mol. The van der Waals surface area contributed by atoms with Gasteiger partial charge in [-0.2, -0.15) is 0 Å². The summed E-state index contributed by atoms with van der Waals surface area (Å²) in [7, 11) is 1.60. The van der Waals surface area contributed by atoms with Crippen molar-refractivity contribution in [3.63, 3.8) is 0 Å². The molecule has 1 saturated carbocycles. The van der Waals surface area contributed by atoms with Gasteiger partial charge in [0.2, 0.25) is 0 Å². The van der Waals surface area contributed by atoms with E-state index < -0.39 is 15.3 Å². The Labute approximate surface area is 147 Å². The molecule has 1 N–H and O–H groups in total. The fourth-order valence-electron chi connectivity index (χ4n) is 3.45. The zero-order valence-corrected chi connectivity index (χ0v) is 14.9. The second-order valence-corrected chi connectivity index (χ2v) is 7.92. The highest BCUT2D eigenvalue weighted by atomic mass is 35.5. The predicted molar refractivity (Wildman–Crippen MR) is 94.3 cm³/mol. The van der Waals surface area contributed by atoms with E-state index in [2.05, 4.69) is 0 Å². The summed E-state index contributed by atoms with van der Waals surface area (Å²) in [5.74, 6) is 0.621. The van der Waals surface area contributed by atoms with Crippen molar-refractivity contribution < 1.29 is 9.84 Å². The van der Waals surface area contributed by atoms with Crippen LogP contribution in [0, 0.1) is 12.3 Å². The maximum atomic E-state index is 11.9. The quantitative estimate of drug-likeness (QED) is 0.800. The van der Waals surface area contributed by atoms with E-state index in [0.717, 1.165) is 11.1 Å². The molecule has 0 spiro atoms. The lowest BCUT2D eigenvalue weighted by Crippen LogP contribution is -2.40. The highest BCUT2D eigenvalue weighted by Gasteiger charge is 2.74. The summed E-state index contributed by atoms with van der Waals surface area (Å²) < 4.78 is 4.52. The second kappa shape index (κ2) is 5.41. The molecule has 0 bridgehead atoms. The summed E-state index contributed by atoms with van der Waals surface area (Å²) in [6.45, 7) is 3.90. The lowest BCUT2D eigenvalue weighted by atomic mass is 9.72. The minimum atomic E-state index is -1.34. The minimum Gasteiger partial charge on any atom is -0.496 e. The monoisotopic (exact) mass is 350 g/mol. The average Bonchev–Trinajstić information content (AvgIpc) is 3.07. The lowest BCUT2D eigenvalue weighted by Gasteiger charge is -2.38. The van der Waals surface area contributed by atoms with Crippen molar-refractivity contribution >= 4 is 23.2 Å². The van der Waals surface area contributed by atoms with Crippen LogP contribution in [0.15, 0.2) is 48.5 Å².